The van der Waals surface area contributed by atoms with Crippen molar-refractivity contribution in [1.82, 2.24) is 0 Å². The van der Waals surface area contributed by atoms with Gasteiger partial charge in [0.2, 0.25) is 0 Å². The second-order valence-corrected chi connectivity index (χ2v) is 16.4. The van der Waals surface area contributed by atoms with Gasteiger partial charge in [0.1, 0.15) is 0 Å². The van der Waals surface area contributed by atoms with Crippen molar-refractivity contribution in [1.29, 1.82) is 0 Å². The second kappa shape index (κ2) is 13.9. The summed E-state index contributed by atoms with van der Waals surface area (Å²) in [6.45, 7) is 19.0. The Kier molecular flexibility index (Phi) is 10.3. The fraction of sp³-hybridized carbons (Fsp3) is 0.429. The van der Waals surface area contributed by atoms with Crippen molar-refractivity contribution >= 4 is 18.5 Å². The predicted octanol–water partition coefficient (Wildman–Crippen LogP) is 12.3. The van der Waals surface area contributed by atoms with E-state index in [-0.39, 0.29) is 0 Å². The summed E-state index contributed by atoms with van der Waals surface area (Å²) in [6.07, 6.45) is 6.76. The molecule has 1 heteroatoms. The molecule has 1 saturated carbocycles. The molecule has 0 bridgehead atoms. The number of rotatable bonds is 9. The van der Waals surface area contributed by atoms with Crippen LogP contribution >= 0.6 is 7.92 Å². The molecule has 0 aliphatic heterocycles. The zero-order chi connectivity index (χ0) is 30.7. The molecule has 43 heavy (non-hydrogen) atoms. The number of hydrogen-bond acceptors (Lipinski definition) is 0. The molecule has 0 N–H and O–H groups in total. The molecular weight excluding hydrogens is 535 g/mol. The first-order valence-electron chi connectivity index (χ1n) is 16.9. The smallest absolute Gasteiger partial charge is 0.00359 e. The molecule has 0 nitrogen and oxygen atoms in total. The lowest BCUT2D eigenvalue weighted by molar-refractivity contribution is 0.513. The molecule has 1 aliphatic carbocycles. The van der Waals surface area contributed by atoms with Crippen molar-refractivity contribution in [3.05, 3.63) is 107 Å². The van der Waals surface area contributed by atoms with Gasteiger partial charge in [0.05, 0.1) is 0 Å². The van der Waals surface area contributed by atoms with Crippen molar-refractivity contribution in [2.45, 2.75) is 117 Å². The molecule has 0 spiro atoms. The first kappa shape index (κ1) is 31.7. The van der Waals surface area contributed by atoms with Crippen LogP contribution in [0.15, 0.2) is 84.9 Å². The lowest BCUT2D eigenvalue weighted by Gasteiger charge is -2.36. The summed E-state index contributed by atoms with van der Waals surface area (Å²) in [5.41, 5.74) is 12.6. The maximum absolute atomic E-state index is 2.49. The van der Waals surface area contributed by atoms with E-state index in [0.29, 0.717) is 29.3 Å². The molecule has 226 valence electrons. The van der Waals surface area contributed by atoms with Crippen LogP contribution in [0.25, 0.3) is 22.3 Å². The van der Waals surface area contributed by atoms with E-state index in [4.69, 9.17) is 0 Å². The highest BCUT2D eigenvalue weighted by Crippen LogP contribution is 2.52. The molecule has 0 aromatic heterocycles. The Morgan fingerprint density at radius 1 is 0.465 bits per heavy atom. The summed E-state index contributed by atoms with van der Waals surface area (Å²) in [7, 11) is -0.585. The van der Waals surface area contributed by atoms with Gasteiger partial charge in [-0.1, -0.05) is 160 Å². The second-order valence-electron chi connectivity index (χ2n) is 13.9. The fourth-order valence-corrected chi connectivity index (χ4v) is 10.7. The molecule has 0 amide bonds. The lowest BCUT2D eigenvalue weighted by atomic mass is 9.82. The Morgan fingerprint density at radius 2 is 0.860 bits per heavy atom. The molecule has 1 atom stereocenters. The van der Waals surface area contributed by atoms with Crippen LogP contribution in [-0.4, -0.2) is 5.66 Å². The summed E-state index contributed by atoms with van der Waals surface area (Å²) in [6, 6.07) is 33.2. The van der Waals surface area contributed by atoms with Crippen LogP contribution in [0.4, 0.5) is 0 Å². The van der Waals surface area contributed by atoms with Gasteiger partial charge in [-0.05, 0) is 105 Å². The van der Waals surface area contributed by atoms with E-state index in [0.717, 1.165) is 0 Å². The minimum atomic E-state index is -0.585. The maximum Gasteiger partial charge on any atom is -0.00359 e. The van der Waals surface area contributed by atoms with Crippen LogP contribution in [0, 0.1) is 0 Å². The van der Waals surface area contributed by atoms with Crippen molar-refractivity contribution in [3.8, 4) is 22.3 Å². The molecule has 4 aromatic carbocycles. The molecular formula is C42H53P. The standard InChI is InChI=1S/C42H53P/c1-28(2)34-22-15-23-35(29(3)4)40(34)38-26-17-27-39(41-36(30(5)6)24-16-25-37(41)31(7)8)42(38)43(32-18-11-9-12-19-32)33-20-13-10-14-21-33/h9,11-12,15-19,22-31,33H,10,13-14,20-21H2,1-8H3. The minimum Gasteiger partial charge on any atom is -0.0622 e. The third kappa shape index (κ3) is 6.56. The van der Waals surface area contributed by atoms with Gasteiger partial charge in [-0.15, -0.1) is 0 Å². The van der Waals surface area contributed by atoms with Gasteiger partial charge in [-0.25, -0.2) is 0 Å². The molecule has 0 heterocycles. The average molecular weight is 589 g/mol. The van der Waals surface area contributed by atoms with Crippen molar-refractivity contribution < 1.29 is 0 Å². The normalized spacial score (nSPS) is 15.2. The summed E-state index contributed by atoms with van der Waals surface area (Å²) in [5, 5.41) is 3.17. The molecule has 1 aliphatic rings. The Labute approximate surface area is 264 Å². The van der Waals surface area contributed by atoms with E-state index in [9.17, 15) is 0 Å². The first-order valence-corrected chi connectivity index (χ1v) is 18.3. The quantitative estimate of drug-likeness (QED) is 0.171. The van der Waals surface area contributed by atoms with Crippen molar-refractivity contribution in [2.24, 2.45) is 0 Å². The van der Waals surface area contributed by atoms with Gasteiger partial charge in [-0.3, -0.25) is 0 Å². The zero-order valence-electron chi connectivity index (χ0n) is 28.0. The molecule has 5 rings (SSSR count). The topological polar surface area (TPSA) is 0 Å². The largest absolute Gasteiger partial charge is 0.0622 e. The van der Waals surface area contributed by atoms with Crippen LogP contribution in [0.5, 0.6) is 0 Å². The number of benzene rings is 4. The Hall–Kier alpha value is -2.69. The molecule has 4 aromatic rings. The summed E-state index contributed by atoms with van der Waals surface area (Å²) in [5.74, 6) is 1.82. The van der Waals surface area contributed by atoms with E-state index in [1.807, 2.05) is 0 Å². The Morgan fingerprint density at radius 3 is 1.26 bits per heavy atom. The third-order valence-corrected chi connectivity index (χ3v) is 12.6. The van der Waals surface area contributed by atoms with E-state index in [1.165, 1.54) is 76.6 Å². The van der Waals surface area contributed by atoms with E-state index >= 15 is 0 Å². The van der Waals surface area contributed by atoms with Gasteiger partial charge < -0.3 is 0 Å². The summed E-state index contributed by atoms with van der Waals surface area (Å²) >= 11 is 0. The maximum atomic E-state index is 2.49. The fourth-order valence-electron chi connectivity index (χ4n) is 7.38. The molecule has 0 radical (unpaired) electrons. The van der Waals surface area contributed by atoms with Crippen molar-refractivity contribution in [3.63, 3.8) is 0 Å². The van der Waals surface area contributed by atoms with E-state index in [1.54, 1.807) is 10.6 Å². The Balaban J connectivity index is 1.97. The van der Waals surface area contributed by atoms with Crippen molar-refractivity contribution in [2.75, 3.05) is 0 Å². The van der Waals surface area contributed by atoms with Crippen LogP contribution in [0.2, 0.25) is 0 Å². The van der Waals surface area contributed by atoms with Gasteiger partial charge in [0.15, 0.2) is 0 Å². The third-order valence-electron chi connectivity index (χ3n) is 9.54. The van der Waals surface area contributed by atoms with Crippen LogP contribution in [0.3, 0.4) is 0 Å². The van der Waals surface area contributed by atoms with Gasteiger partial charge in [0, 0.05) is 0 Å². The monoisotopic (exact) mass is 588 g/mol. The van der Waals surface area contributed by atoms with Crippen LogP contribution in [-0.2, 0) is 0 Å². The van der Waals surface area contributed by atoms with E-state index in [2.05, 4.69) is 140 Å². The van der Waals surface area contributed by atoms with Gasteiger partial charge in [-0.2, -0.15) is 0 Å². The first-order chi connectivity index (χ1) is 20.7. The molecule has 0 saturated heterocycles. The SMILES string of the molecule is CC(C)c1cccc(C(C)C)c1-c1cccc(-c2c(C(C)C)cccc2C(C)C)c1P(c1ccccc1)C1CCCCC1. The zero-order valence-corrected chi connectivity index (χ0v) is 28.8. The lowest BCUT2D eigenvalue weighted by Crippen LogP contribution is -2.27. The minimum absolute atomic E-state index is 0.456. The predicted molar refractivity (Wildman–Crippen MR) is 193 cm³/mol. The highest BCUT2D eigenvalue weighted by atomic mass is 31.1. The van der Waals surface area contributed by atoms with Crippen LogP contribution in [0.1, 0.15) is 133 Å². The molecule has 1 fully saturated rings. The average Bonchev–Trinajstić information content (AvgIpc) is 3.01. The summed E-state index contributed by atoms with van der Waals surface area (Å²) < 4.78 is 0. The highest BCUT2D eigenvalue weighted by molar-refractivity contribution is 7.74. The van der Waals surface area contributed by atoms with Crippen LogP contribution < -0.4 is 10.6 Å². The van der Waals surface area contributed by atoms with Gasteiger partial charge in [0.25, 0.3) is 0 Å². The number of hydrogen-bond donors (Lipinski definition) is 0. The van der Waals surface area contributed by atoms with E-state index < -0.39 is 7.92 Å². The molecule has 1 unspecified atom stereocenters. The van der Waals surface area contributed by atoms with Gasteiger partial charge >= 0.3 is 0 Å². The summed E-state index contributed by atoms with van der Waals surface area (Å²) in [4.78, 5) is 0. The Bertz CT molecular complexity index is 1370. The highest BCUT2D eigenvalue weighted by Gasteiger charge is 2.33.